The molecule has 0 N–H and O–H groups in total. The molecule has 4 rings (SSSR count). The largest absolute Gasteiger partial charge is 0.337 e. The normalized spacial score (nSPS) is 17.6. The molecule has 1 aliphatic rings. The predicted molar refractivity (Wildman–Crippen MR) is 98.6 cm³/mol. The van der Waals surface area contributed by atoms with E-state index in [0.29, 0.717) is 18.2 Å². The van der Waals surface area contributed by atoms with E-state index in [1.807, 2.05) is 58.5 Å². The van der Waals surface area contributed by atoms with Crippen LogP contribution in [0.3, 0.4) is 0 Å². The topological polar surface area (TPSA) is 51.0 Å². The van der Waals surface area contributed by atoms with Crippen molar-refractivity contribution in [1.29, 1.82) is 0 Å². The van der Waals surface area contributed by atoms with E-state index in [1.54, 1.807) is 0 Å². The van der Waals surface area contributed by atoms with Crippen LogP contribution in [0.25, 0.3) is 10.6 Å². The maximum absolute atomic E-state index is 12.9. The molecule has 3 heterocycles. The van der Waals surface area contributed by atoms with E-state index in [-0.39, 0.29) is 5.91 Å². The van der Waals surface area contributed by atoms with Crippen LogP contribution >= 0.6 is 11.3 Å². The summed E-state index contributed by atoms with van der Waals surface area (Å²) in [7, 11) is 1.93. The van der Waals surface area contributed by atoms with Crippen molar-refractivity contribution in [2.45, 2.75) is 18.8 Å². The zero-order valence-electron chi connectivity index (χ0n) is 14.1. The first-order chi connectivity index (χ1) is 12.2. The second-order valence-corrected chi connectivity index (χ2v) is 7.27. The van der Waals surface area contributed by atoms with Crippen molar-refractivity contribution < 1.29 is 4.79 Å². The van der Waals surface area contributed by atoms with Gasteiger partial charge in [0.2, 0.25) is 0 Å². The van der Waals surface area contributed by atoms with Gasteiger partial charge in [-0.15, -0.1) is 11.3 Å². The minimum Gasteiger partial charge on any atom is -0.337 e. The van der Waals surface area contributed by atoms with Crippen molar-refractivity contribution in [3.63, 3.8) is 0 Å². The number of hydrogen-bond acceptors (Lipinski definition) is 4. The van der Waals surface area contributed by atoms with E-state index in [1.165, 1.54) is 11.3 Å². The molecular formula is C19H20N4OS. The molecule has 0 aliphatic carbocycles. The SMILES string of the molecule is Cn1ccc([C@@H]2CCCN(C(=O)c3csc(-c4ccccc4)n3)C2)n1. The Morgan fingerprint density at radius 1 is 1.24 bits per heavy atom. The van der Waals surface area contributed by atoms with Crippen LogP contribution in [0.5, 0.6) is 0 Å². The lowest BCUT2D eigenvalue weighted by atomic mass is 9.95. The van der Waals surface area contributed by atoms with E-state index in [4.69, 9.17) is 0 Å². The van der Waals surface area contributed by atoms with Crippen LogP contribution < -0.4 is 0 Å². The Morgan fingerprint density at radius 3 is 2.84 bits per heavy atom. The number of nitrogens with zero attached hydrogens (tertiary/aromatic N) is 4. The number of carbonyl (C=O) groups is 1. The second-order valence-electron chi connectivity index (χ2n) is 6.41. The van der Waals surface area contributed by atoms with E-state index in [9.17, 15) is 4.79 Å². The summed E-state index contributed by atoms with van der Waals surface area (Å²) < 4.78 is 1.82. The lowest BCUT2D eigenvalue weighted by Gasteiger charge is -2.31. The molecule has 1 atom stereocenters. The fourth-order valence-electron chi connectivity index (χ4n) is 3.30. The smallest absolute Gasteiger partial charge is 0.273 e. The molecule has 5 nitrogen and oxygen atoms in total. The molecule has 1 aliphatic heterocycles. The summed E-state index contributed by atoms with van der Waals surface area (Å²) in [6, 6.07) is 12.0. The molecule has 0 saturated carbocycles. The molecular weight excluding hydrogens is 332 g/mol. The standard InChI is InChI=1S/C19H20N4OS/c1-22-11-9-16(21-22)15-8-5-10-23(12-15)19(24)17-13-25-18(20-17)14-6-3-2-4-7-14/h2-4,6-7,9,11,13,15H,5,8,10,12H2,1H3/t15-/m1/s1. The molecule has 0 spiro atoms. The molecule has 6 heteroatoms. The van der Waals surface area contributed by atoms with Gasteiger partial charge in [0, 0.05) is 43.2 Å². The lowest BCUT2D eigenvalue weighted by molar-refractivity contribution is 0.0700. The molecule has 25 heavy (non-hydrogen) atoms. The molecule has 1 fully saturated rings. The van der Waals surface area contributed by atoms with Crippen LogP contribution in [0.4, 0.5) is 0 Å². The molecule has 0 radical (unpaired) electrons. The van der Waals surface area contributed by atoms with Gasteiger partial charge < -0.3 is 4.90 Å². The highest BCUT2D eigenvalue weighted by Gasteiger charge is 2.28. The average molecular weight is 352 g/mol. The Kier molecular flexibility index (Phi) is 4.36. The Hall–Kier alpha value is -2.47. The zero-order valence-corrected chi connectivity index (χ0v) is 14.9. The Balaban J connectivity index is 1.50. The van der Waals surface area contributed by atoms with Crippen molar-refractivity contribution in [2.24, 2.45) is 7.05 Å². The lowest BCUT2D eigenvalue weighted by Crippen LogP contribution is -2.39. The fourth-order valence-corrected chi connectivity index (χ4v) is 4.10. The van der Waals surface area contributed by atoms with Gasteiger partial charge in [0.1, 0.15) is 10.7 Å². The molecule has 1 saturated heterocycles. The number of amides is 1. The molecule has 128 valence electrons. The third-order valence-corrected chi connectivity index (χ3v) is 5.50. The zero-order chi connectivity index (χ0) is 17.2. The van der Waals surface area contributed by atoms with Crippen LogP contribution in [0.1, 0.15) is 34.9 Å². The summed E-state index contributed by atoms with van der Waals surface area (Å²) in [5.41, 5.74) is 2.67. The first-order valence-electron chi connectivity index (χ1n) is 8.50. The fraction of sp³-hybridized carbons (Fsp3) is 0.316. The van der Waals surface area contributed by atoms with Gasteiger partial charge in [-0.1, -0.05) is 30.3 Å². The molecule has 3 aromatic rings. The van der Waals surface area contributed by atoms with Gasteiger partial charge in [-0.2, -0.15) is 5.10 Å². The van der Waals surface area contributed by atoms with Gasteiger partial charge in [-0.05, 0) is 18.9 Å². The first-order valence-corrected chi connectivity index (χ1v) is 9.38. The Morgan fingerprint density at radius 2 is 2.08 bits per heavy atom. The molecule has 0 bridgehead atoms. The number of aromatic nitrogens is 3. The summed E-state index contributed by atoms with van der Waals surface area (Å²) in [6.45, 7) is 1.51. The number of aryl methyl sites for hydroxylation is 1. The van der Waals surface area contributed by atoms with Gasteiger partial charge in [0.15, 0.2) is 0 Å². The quantitative estimate of drug-likeness (QED) is 0.724. The van der Waals surface area contributed by atoms with Crippen molar-refractivity contribution in [3.05, 3.63) is 59.4 Å². The summed E-state index contributed by atoms with van der Waals surface area (Å²) in [4.78, 5) is 19.4. The summed E-state index contributed by atoms with van der Waals surface area (Å²) >= 11 is 1.52. The number of thiazole rings is 1. The Labute approximate surface area is 150 Å². The van der Waals surface area contributed by atoms with Crippen LogP contribution in [-0.2, 0) is 7.05 Å². The van der Waals surface area contributed by atoms with Gasteiger partial charge in [-0.25, -0.2) is 4.98 Å². The van der Waals surface area contributed by atoms with Gasteiger partial charge >= 0.3 is 0 Å². The molecule has 1 aromatic carbocycles. The third kappa shape index (κ3) is 3.35. The summed E-state index contributed by atoms with van der Waals surface area (Å²) in [5.74, 6) is 0.338. The first kappa shape index (κ1) is 16.0. The molecule has 2 aromatic heterocycles. The highest BCUT2D eigenvalue weighted by atomic mass is 32.1. The van der Waals surface area contributed by atoms with Crippen LogP contribution in [0, 0.1) is 0 Å². The van der Waals surface area contributed by atoms with Crippen molar-refractivity contribution in [2.75, 3.05) is 13.1 Å². The summed E-state index contributed by atoms with van der Waals surface area (Å²) in [5, 5.41) is 7.27. The van der Waals surface area contributed by atoms with Crippen LogP contribution in [0.2, 0.25) is 0 Å². The van der Waals surface area contributed by atoms with Crippen LogP contribution in [-0.4, -0.2) is 38.7 Å². The van der Waals surface area contributed by atoms with Gasteiger partial charge in [0.05, 0.1) is 5.69 Å². The minimum atomic E-state index is 0.0269. The number of rotatable bonds is 3. The minimum absolute atomic E-state index is 0.0269. The maximum atomic E-state index is 12.9. The number of likely N-dealkylation sites (tertiary alicyclic amines) is 1. The number of piperidine rings is 1. The summed E-state index contributed by atoms with van der Waals surface area (Å²) in [6.07, 6.45) is 4.04. The van der Waals surface area contributed by atoms with Crippen molar-refractivity contribution in [1.82, 2.24) is 19.7 Å². The van der Waals surface area contributed by atoms with E-state index >= 15 is 0 Å². The number of carbonyl (C=O) groups excluding carboxylic acids is 1. The van der Waals surface area contributed by atoms with Crippen molar-refractivity contribution in [3.8, 4) is 10.6 Å². The van der Waals surface area contributed by atoms with E-state index in [2.05, 4.69) is 16.1 Å². The second kappa shape index (κ2) is 6.80. The third-order valence-electron chi connectivity index (χ3n) is 4.61. The predicted octanol–water partition coefficient (Wildman–Crippen LogP) is 3.56. The highest BCUT2D eigenvalue weighted by Crippen LogP contribution is 2.28. The maximum Gasteiger partial charge on any atom is 0.273 e. The number of benzene rings is 1. The van der Waals surface area contributed by atoms with Gasteiger partial charge in [0.25, 0.3) is 5.91 Å². The molecule has 1 amide bonds. The van der Waals surface area contributed by atoms with E-state index < -0.39 is 0 Å². The van der Waals surface area contributed by atoms with E-state index in [0.717, 1.165) is 35.7 Å². The van der Waals surface area contributed by atoms with Crippen LogP contribution in [0.15, 0.2) is 48.0 Å². The molecule has 0 unspecified atom stereocenters. The van der Waals surface area contributed by atoms with Gasteiger partial charge in [-0.3, -0.25) is 9.48 Å². The monoisotopic (exact) mass is 352 g/mol. The average Bonchev–Trinajstić information content (AvgIpc) is 3.31. The number of hydrogen-bond donors (Lipinski definition) is 0. The highest BCUT2D eigenvalue weighted by molar-refractivity contribution is 7.13. The Bertz CT molecular complexity index is 870. The van der Waals surface area contributed by atoms with Crippen molar-refractivity contribution >= 4 is 17.2 Å².